The van der Waals surface area contributed by atoms with Crippen molar-refractivity contribution < 1.29 is 49.6 Å². The van der Waals surface area contributed by atoms with E-state index >= 15 is 0 Å². The van der Waals surface area contributed by atoms with Crippen LogP contribution in [0.5, 0.6) is 28.7 Å². The maximum Gasteiger partial charge on any atom is 0.255 e. The molecule has 40 heavy (non-hydrogen) atoms. The zero-order valence-electron chi connectivity index (χ0n) is 22.5. The Morgan fingerprint density at radius 2 is 1.70 bits per heavy atom. The van der Waals surface area contributed by atoms with E-state index in [1.165, 1.54) is 50.4 Å². The second kappa shape index (κ2) is 11.6. The lowest BCUT2D eigenvalue weighted by molar-refractivity contribution is -0.268. The number of amides is 1. The Hall–Kier alpha value is -4.03. The molecule has 0 aromatic heterocycles. The molecule has 5 atom stereocenters. The number of fused-ring (bicyclic) bond motifs is 1. The van der Waals surface area contributed by atoms with Crippen molar-refractivity contribution in [2.75, 3.05) is 12.4 Å². The van der Waals surface area contributed by atoms with Crippen LogP contribution in [-0.4, -0.2) is 74.4 Å². The minimum Gasteiger partial charge on any atom is -0.508 e. The highest BCUT2D eigenvalue weighted by atomic mass is 16.7. The van der Waals surface area contributed by atoms with Gasteiger partial charge in [0.15, 0.2) is 17.2 Å². The Morgan fingerprint density at radius 1 is 0.975 bits per heavy atom. The van der Waals surface area contributed by atoms with Crippen LogP contribution in [0.3, 0.4) is 0 Å². The molecule has 1 amide bonds. The van der Waals surface area contributed by atoms with E-state index < -0.39 is 48.1 Å². The third kappa shape index (κ3) is 5.63. The largest absolute Gasteiger partial charge is 0.508 e. The van der Waals surface area contributed by atoms with Gasteiger partial charge in [0.1, 0.15) is 35.5 Å². The van der Waals surface area contributed by atoms with Crippen molar-refractivity contribution in [1.82, 2.24) is 0 Å². The van der Waals surface area contributed by atoms with E-state index in [9.17, 15) is 35.4 Å². The van der Waals surface area contributed by atoms with Gasteiger partial charge >= 0.3 is 0 Å². The van der Waals surface area contributed by atoms with Crippen LogP contribution >= 0.6 is 0 Å². The van der Waals surface area contributed by atoms with Crippen molar-refractivity contribution in [2.24, 2.45) is 0 Å². The number of aliphatic hydroxyl groups is 3. The first-order valence-corrected chi connectivity index (χ1v) is 12.6. The highest BCUT2D eigenvalue weighted by molar-refractivity contribution is 6.09. The molecule has 1 saturated heterocycles. The Kier molecular flexibility index (Phi) is 8.40. The fraction of sp³-hybridized carbons (Fsp3) is 0.345. The van der Waals surface area contributed by atoms with Crippen LogP contribution in [-0.2, 0) is 11.2 Å². The summed E-state index contributed by atoms with van der Waals surface area (Å²) >= 11 is 0. The molecule has 4 rings (SSSR count). The van der Waals surface area contributed by atoms with Gasteiger partial charge in [-0.1, -0.05) is 11.6 Å². The van der Waals surface area contributed by atoms with Gasteiger partial charge in [-0.3, -0.25) is 4.79 Å². The van der Waals surface area contributed by atoms with Crippen molar-refractivity contribution in [3.8, 4) is 28.7 Å². The molecule has 2 unspecified atom stereocenters. The Labute approximate surface area is 230 Å². The second-order valence-corrected chi connectivity index (χ2v) is 9.89. The lowest BCUT2D eigenvalue weighted by atomic mass is 10.00. The minimum absolute atomic E-state index is 0.0434. The number of phenols is 3. The first kappa shape index (κ1) is 29.0. The normalized spacial score (nSPS) is 22.5. The number of phenolic OH excluding ortho intramolecular Hbond substituents is 3. The molecule has 1 heterocycles. The summed E-state index contributed by atoms with van der Waals surface area (Å²) in [6.45, 7) is 5.36. The van der Waals surface area contributed by atoms with Crippen molar-refractivity contribution in [3.63, 3.8) is 0 Å². The van der Waals surface area contributed by atoms with Crippen molar-refractivity contribution in [2.45, 2.75) is 57.9 Å². The highest BCUT2D eigenvalue weighted by Gasteiger charge is 2.43. The fourth-order valence-electron chi connectivity index (χ4n) is 4.45. The second-order valence-electron chi connectivity index (χ2n) is 9.89. The van der Waals surface area contributed by atoms with E-state index in [1.54, 1.807) is 0 Å². The molecule has 0 aliphatic carbocycles. The van der Waals surface area contributed by atoms with E-state index in [1.807, 2.05) is 19.9 Å². The van der Waals surface area contributed by atoms with E-state index in [2.05, 4.69) is 5.32 Å². The number of benzene rings is 3. The first-order chi connectivity index (χ1) is 18.9. The Bertz CT molecular complexity index is 1450. The number of anilines is 1. The number of rotatable bonds is 7. The van der Waals surface area contributed by atoms with E-state index in [0.717, 1.165) is 5.57 Å². The topological polar surface area (TPSA) is 178 Å². The van der Waals surface area contributed by atoms with Crippen molar-refractivity contribution in [1.29, 1.82) is 0 Å². The zero-order chi connectivity index (χ0) is 29.3. The standard InChI is InChI=1S/C29H33NO10/c1-13(2)5-6-15-11-16(7-9-19(15)31)28(37)30-22-20(32)12-18-17(24(22)34)8-10-21(27(18)38-4)40-29-26(36)25(35)23(33)14(3)39-29/h5,7-12,14,23,25-26,29,31-36H,6H2,1-4H3,(H,30,37)/t14?,23-,25+,26?,29+/m1/s1. The third-order valence-electron chi connectivity index (χ3n) is 6.76. The number of aromatic hydroxyl groups is 3. The summed E-state index contributed by atoms with van der Waals surface area (Å²) in [4.78, 5) is 13.0. The average molecular weight is 556 g/mol. The number of carbonyl (C=O) groups excluding carboxylic acids is 1. The van der Waals surface area contributed by atoms with Gasteiger partial charge in [-0.25, -0.2) is 0 Å². The molecule has 3 aromatic carbocycles. The molecule has 11 nitrogen and oxygen atoms in total. The van der Waals surface area contributed by atoms with Gasteiger partial charge < -0.3 is 50.2 Å². The van der Waals surface area contributed by atoms with Gasteiger partial charge in [0.2, 0.25) is 6.29 Å². The molecular weight excluding hydrogens is 522 g/mol. The molecule has 7 N–H and O–H groups in total. The molecule has 0 spiro atoms. The van der Waals surface area contributed by atoms with Crippen LogP contribution in [0.4, 0.5) is 5.69 Å². The predicted octanol–water partition coefficient (Wildman–Crippen LogP) is 2.93. The molecule has 0 bridgehead atoms. The number of allylic oxidation sites excluding steroid dienone is 2. The quantitative estimate of drug-likeness (QED) is 0.169. The molecule has 1 fully saturated rings. The van der Waals surface area contributed by atoms with Gasteiger partial charge in [0.25, 0.3) is 5.91 Å². The smallest absolute Gasteiger partial charge is 0.255 e. The molecule has 0 radical (unpaired) electrons. The summed E-state index contributed by atoms with van der Waals surface area (Å²) in [5.74, 6) is -1.32. The number of hydrogen-bond donors (Lipinski definition) is 7. The van der Waals surface area contributed by atoms with Crippen LogP contribution in [0, 0.1) is 0 Å². The maximum atomic E-state index is 13.0. The first-order valence-electron chi connectivity index (χ1n) is 12.6. The lowest BCUT2D eigenvalue weighted by Gasteiger charge is -2.39. The fourth-order valence-corrected chi connectivity index (χ4v) is 4.45. The van der Waals surface area contributed by atoms with E-state index in [0.29, 0.717) is 12.0 Å². The van der Waals surface area contributed by atoms with Crippen LogP contribution < -0.4 is 14.8 Å². The van der Waals surface area contributed by atoms with Gasteiger partial charge in [0, 0.05) is 16.3 Å². The summed E-state index contributed by atoms with van der Waals surface area (Å²) in [7, 11) is 1.34. The van der Waals surface area contributed by atoms with Crippen molar-refractivity contribution >= 4 is 22.4 Å². The number of nitrogens with one attached hydrogen (secondary N) is 1. The van der Waals surface area contributed by atoms with Crippen LogP contribution in [0.1, 0.15) is 36.7 Å². The van der Waals surface area contributed by atoms with Gasteiger partial charge in [-0.2, -0.15) is 0 Å². The summed E-state index contributed by atoms with van der Waals surface area (Å²) in [6.07, 6.45) is -4.20. The summed E-state index contributed by atoms with van der Waals surface area (Å²) in [5, 5.41) is 65.2. The highest BCUT2D eigenvalue weighted by Crippen LogP contribution is 2.47. The van der Waals surface area contributed by atoms with Crippen LogP contribution in [0.2, 0.25) is 0 Å². The summed E-state index contributed by atoms with van der Waals surface area (Å²) in [5.41, 5.74) is 1.58. The van der Waals surface area contributed by atoms with E-state index in [-0.39, 0.29) is 39.3 Å². The average Bonchev–Trinajstić information content (AvgIpc) is 2.91. The van der Waals surface area contributed by atoms with Crippen molar-refractivity contribution in [3.05, 3.63) is 59.2 Å². The molecule has 1 aliphatic heterocycles. The lowest BCUT2D eigenvalue weighted by Crippen LogP contribution is -2.58. The number of carbonyl (C=O) groups is 1. The molecule has 0 saturated carbocycles. The molecule has 3 aromatic rings. The summed E-state index contributed by atoms with van der Waals surface area (Å²) in [6, 6.07) is 8.52. The summed E-state index contributed by atoms with van der Waals surface area (Å²) < 4.78 is 16.7. The van der Waals surface area contributed by atoms with Gasteiger partial charge in [0.05, 0.1) is 13.2 Å². The minimum atomic E-state index is -1.56. The number of hydrogen-bond acceptors (Lipinski definition) is 10. The molecule has 11 heteroatoms. The number of methoxy groups -OCH3 is 1. The monoisotopic (exact) mass is 555 g/mol. The SMILES string of the molecule is COc1c(O[C@@H]2OC(C)[C@@H](O)[C@H](O)C2O)ccc2c(O)c(NC(=O)c3ccc(O)c(CC=C(C)C)c3)c(O)cc12. The Balaban J connectivity index is 1.64. The zero-order valence-corrected chi connectivity index (χ0v) is 22.5. The molecule has 1 aliphatic rings. The number of aliphatic hydroxyl groups excluding tert-OH is 3. The van der Waals surface area contributed by atoms with Gasteiger partial charge in [-0.05, 0) is 69.2 Å². The number of ether oxygens (including phenoxy) is 3. The van der Waals surface area contributed by atoms with Crippen LogP contribution in [0.25, 0.3) is 10.8 Å². The Morgan fingerprint density at radius 3 is 2.38 bits per heavy atom. The molecule has 214 valence electrons. The van der Waals surface area contributed by atoms with Crippen LogP contribution in [0.15, 0.2) is 48.0 Å². The van der Waals surface area contributed by atoms with E-state index in [4.69, 9.17) is 14.2 Å². The molecular formula is C29H33NO10. The third-order valence-corrected chi connectivity index (χ3v) is 6.76. The predicted molar refractivity (Wildman–Crippen MR) is 146 cm³/mol. The maximum absolute atomic E-state index is 13.0. The van der Waals surface area contributed by atoms with Gasteiger partial charge in [-0.15, -0.1) is 0 Å².